The summed E-state index contributed by atoms with van der Waals surface area (Å²) in [5.74, 6) is -0.520. The van der Waals surface area contributed by atoms with Crippen molar-refractivity contribution in [1.29, 1.82) is 0 Å². The van der Waals surface area contributed by atoms with Crippen LogP contribution in [0, 0.1) is 5.92 Å². The molecular formula is C13H26N2O5S. The highest BCUT2D eigenvalue weighted by molar-refractivity contribution is 7.87. The number of carbonyl (C=O) groups excluding carboxylic acids is 1. The van der Waals surface area contributed by atoms with Gasteiger partial charge in [0.15, 0.2) is 0 Å². The average molecular weight is 322 g/mol. The standard InChI is InChI=1S/C13H26N2O5S/c1-4-13(5-2,10-16)14-21(18,19)15-8-6-11(7-9-15)12(17)20-3/h11,14,16H,4-10H2,1-3H3. The van der Waals surface area contributed by atoms with E-state index >= 15 is 0 Å². The van der Waals surface area contributed by atoms with Gasteiger partial charge in [0.1, 0.15) is 0 Å². The summed E-state index contributed by atoms with van der Waals surface area (Å²) in [6, 6.07) is 0. The molecule has 0 aromatic heterocycles. The molecule has 0 bridgehead atoms. The molecule has 0 unspecified atom stereocenters. The molecule has 1 aliphatic rings. The van der Waals surface area contributed by atoms with Crippen molar-refractivity contribution in [1.82, 2.24) is 9.03 Å². The van der Waals surface area contributed by atoms with E-state index in [4.69, 9.17) is 0 Å². The highest BCUT2D eigenvalue weighted by Crippen LogP contribution is 2.22. The second-order valence-electron chi connectivity index (χ2n) is 5.45. The molecular weight excluding hydrogens is 296 g/mol. The molecule has 0 amide bonds. The van der Waals surface area contributed by atoms with Crippen LogP contribution >= 0.6 is 0 Å². The Morgan fingerprint density at radius 3 is 2.24 bits per heavy atom. The number of aliphatic hydroxyl groups excluding tert-OH is 1. The average Bonchev–Trinajstić information content (AvgIpc) is 2.52. The topological polar surface area (TPSA) is 95.9 Å². The highest BCUT2D eigenvalue weighted by Gasteiger charge is 2.36. The lowest BCUT2D eigenvalue weighted by atomic mass is 9.96. The fourth-order valence-electron chi connectivity index (χ4n) is 2.49. The maximum Gasteiger partial charge on any atom is 0.308 e. The van der Waals surface area contributed by atoms with Crippen LogP contribution in [0.5, 0.6) is 0 Å². The molecule has 0 atom stereocenters. The predicted octanol–water partition coefficient (Wildman–Crippen LogP) is 0.257. The quantitative estimate of drug-likeness (QED) is 0.655. The second-order valence-corrected chi connectivity index (χ2v) is 7.12. The largest absolute Gasteiger partial charge is 0.469 e. The van der Waals surface area contributed by atoms with E-state index in [0.29, 0.717) is 25.7 Å². The molecule has 8 heteroatoms. The summed E-state index contributed by atoms with van der Waals surface area (Å²) in [4.78, 5) is 11.5. The molecule has 0 spiro atoms. The fourth-order valence-corrected chi connectivity index (χ4v) is 4.21. The third-order valence-electron chi connectivity index (χ3n) is 4.33. The van der Waals surface area contributed by atoms with Gasteiger partial charge < -0.3 is 9.84 Å². The summed E-state index contributed by atoms with van der Waals surface area (Å²) in [6.45, 7) is 4.00. The third kappa shape index (κ3) is 4.38. The number of hydrogen-bond donors (Lipinski definition) is 2. The van der Waals surface area contributed by atoms with Gasteiger partial charge in [-0.15, -0.1) is 0 Å². The van der Waals surface area contributed by atoms with Crippen molar-refractivity contribution in [2.75, 3.05) is 26.8 Å². The number of methoxy groups -OCH3 is 1. The van der Waals surface area contributed by atoms with Gasteiger partial charge in [-0.05, 0) is 25.7 Å². The van der Waals surface area contributed by atoms with Crippen LogP contribution in [0.2, 0.25) is 0 Å². The van der Waals surface area contributed by atoms with Gasteiger partial charge in [-0.1, -0.05) is 13.8 Å². The van der Waals surface area contributed by atoms with Gasteiger partial charge >= 0.3 is 5.97 Å². The van der Waals surface area contributed by atoms with Crippen LogP contribution in [0.25, 0.3) is 0 Å². The first-order valence-corrected chi connectivity index (χ1v) is 8.76. The number of rotatable bonds is 7. The van der Waals surface area contributed by atoms with Crippen molar-refractivity contribution < 1.29 is 23.1 Å². The number of nitrogens with one attached hydrogen (secondary N) is 1. The lowest BCUT2D eigenvalue weighted by molar-refractivity contribution is -0.146. The van der Waals surface area contributed by atoms with E-state index in [2.05, 4.69) is 9.46 Å². The minimum absolute atomic E-state index is 0.235. The van der Waals surface area contributed by atoms with Gasteiger partial charge in [-0.3, -0.25) is 4.79 Å². The van der Waals surface area contributed by atoms with Crippen molar-refractivity contribution in [3.8, 4) is 0 Å². The Labute approximate surface area is 126 Å². The Kier molecular flexibility index (Phi) is 6.58. The summed E-state index contributed by atoms with van der Waals surface area (Å²) in [7, 11) is -2.32. The van der Waals surface area contributed by atoms with Gasteiger partial charge in [0, 0.05) is 13.1 Å². The van der Waals surface area contributed by atoms with Crippen molar-refractivity contribution in [2.24, 2.45) is 5.92 Å². The summed E-state index contributed by atoms with van der Waals surface area (Å²) < 4.78 is 33.5. The number of piperidine rings is 1. The molecule has 0 aromatic carbocycles. The van der Waals surface area contributed by atoms with Crippen LogP contribution in [0.3, 0.4) is 0 Å². The van der Waals surface area contributed by atoms with E-state index in [1.165, 1.54) is 11.4 Å². The van der Waals surface area contributed by atoms with E-state index in [1.807, 2.05) is 13.8 Å². The maximum atomic E-state index is 12.4. The first kappa shape index (κ1) is 18.3. The summed E-state index contributed by atoms with van der Waals surface area (Å²) >= 11 is 0. The van der Waals surface area contributed by atoms with Crippen molar-refractivity contribution in [3.63, 3.8) is 0 Å². The zero-order valence-corrected chi connectivity index (χ0v) is 13.8. The highest BCUT2D eigenvalue weighted by atomic mass is 32.2. The van der Waals surface area contributed by atoms with Crippen LogP contribution in [-0.4, -0.2) is 56.1 Å². The first-order chi connectivity index (χ1) is 9.84. The summed E-state index contributed by atoms with van der Waals surface area (Å²) in [6.07, 6.45) is 1.94. The third-order valence-corrected chi connectivity index (χ3v) is 6.07. The van der Waals surface area contributed by atoms with E-state index in [1.54, 1.807) is 0 Å². The molecule has 0 aliphatic carbocycles. The molecule has 1 rings (SSSR count). The van der Waals surface area contributed by atoms with Crippen LogP contribution < -0.4 is 4.72 Å². The number of aliphatic hydroxyl groups is 1. The van der Waals surface area contributed by atoms with Crippen molar-refractivity contribution in [2.45, 2.75) is 45.1 Å². The van der Waals surface area contributed by atoms with E-state index in [-0.39, 0.29) is 31.6 Å². The minimum Gasteiger partial charge on any atom is -0.469 e. The van der Waals surface area contributed by atoms with Gasteiger partial charge in [0.05, 0.1) is 25.2 Å². The zero-order valence-electron chi connectivity index (χ0n) is 13.0. The number of esters is 1. The normalized spacial score (nSPS) is 18.7. The molecule has 21 heavy (non-hydrogen) atoms. The van der Waals surface area contributed by atoms with Gasteiger partial charge in [-0.2, -0.15) is 17.4 Å². The molecule has 0 radical (unpaired) electrons. The lowest BCUT2D eigenvalue weighted by Crippen LogP contribution is -2.56. The molecule has 124 valence electrons. The van der Waals surface area contributed by atoms with E-state index < -0.39 is 15.7 Å². The Morgan fingerprint density at radius 2 is 1.86 bits per heavy atom. The molecule has 0 aromatic rings. The molecule has 0 saturated carbocycles. The van der Waals surface area contributed by atoms with Crippen molar-refractivity contribution in [3.05, 3.63) is 0 Å². The lowest BCUT2D eigenvalue weighted by Gasteiger charge is -2.35. The number of carbonyl (C=O) groups is 1. The van der Waals surface area contributed by atoms with Crippen LogP contribution in [0.15, 0.2) is 0 Å². The Morgan fingerprint density at radius 1 is 1.33 bits per heavy atom. The second kappa shape index (κ2) is 7.53. The van der Waals surface area contributed by atoms with Crippen molar-refractivity contribution >= 4 is 16.2 Å². The summed E-state index contributed by atoms with van der Waals surface area (Å²) in [5.41, 5.74) is -0.821. The van der Waals surface area contributed by atoms with Gasteiger partial charge in [-0.25, -0.2) is 0 Å². The minimum atomic E-state index is -3.66. The first-order valence-electron chi connectivity index (χ1n) is 7.32. The number of nitrogens with zero attached hydrogens (tertiary/aromatic N) is 1. The molecule has 1 saturated heterocycles. The molecule has 7 nitrogen and oxygen atoms in total. The van der Waals surface area contributed by atoms with E-state index in [0.717, 1.165) is 0 Å². The predicted molar refractivity (Wildman–Crippen MR) is 78.8 cm³/mol. The number of ether oxygens (including phenoxy) is 1. The zero-order chi connectivity index (χ0) is 16.1. The Balaban J connectivity index is 2.71. The monoisotopic (exact) mass is 322 g/mol. The van der Waals surface area contributed by atoms with Crippen LogP contribution in [0.4, 0.5) is 0 Å². The van der Waals surface area contributed by atoms with Crippen LogP contribution in [0.1, 0.15) is 39.5 Å². The maximum absolute atomic E-state index is 12.4. The van der Waals surface area contributed by atoms with Gasteiger partial charge in [0.2, 0.25) is 0 Å². The molecule has 2 N–H and O–H groups in total. The fraction of sp³-hybridized carbons (Fsp3) is 0.923. The Hall–Kier alpha value is -0.700. The number of hydrogen-bond acceptors (Lipinski definition) is 5. The van der Waals surface area contributed by atoms with E-state index in [9.17, 15) is 18.3 Å². The van der Waals surface area contributed by atoms with Crippen LogP contribution in [-0.2, 0) is 19.7 Å². The van der Waals surface area contributed by atoms with Gasteiger partial charge in [0.25, 0.3) is 10.2 Å². The summed E-state index contributed by atoms with van der Waals surface area (Å²) in [5, 5.41) is 9.48. The molecule has 1 heterocycles. The molecule has 1 fully saturated rings. The SMILES string of the molecule is CCC(CC)(CO)NS(=O)(=O)N1CCC(C(=O)OC)CC1. The smallest absolute Gasteiger partial charge is 0.308 e. The Bertz CT molecular complexity index is 431. The molecule has 1 aliphatic heterocycles.